The second-order valence-corrected chi connectivity index (χ2v) is 13.5. The second kappa shape index (κ2) is 12.0. The first-order valence-electron chi connectivity index (χ1n) is 16.8. The van der Waals surface area contributed by atoms with Crippen LogP contribution in [0.25, 0.3) is 5.57 Å². The number of hydrogen-bond donors (Lipinski definition) is 1. The number of hydrogen-bond acceptors (Lipinski definition) is 8. The van der Waals surface area contributed by atoms with Gasteiger partial charge in [-0.2, -0.15) is 0 Å². The van der Waals surface area contributed by atoms with Gasteiger partial charge >= 0.3 is 0 Å². The van der Waals surface area contributed by atoms with Crippen molar-refractivity contribution in [3.63, 3.8) is 0 Å². The number of benzene rings is 4. The number of Topliss-reactive ketones (excluding diaryl/α,β-unsaturated/α-hetero) is 1. The highest BCUT2D eigenvalue weighted by Crippen LogP contribution is 2.64. The lowest BCUT2D eigenvalue weighted by molar-refractivity contribution is -0.384. The molecular weight excluding hydrogens is 648 g/mol. The molecule has 1 N–H and O–H groups in total. The van der Waals surface area contributed by atoms with E-state index in [4.69, 9.17) is 4.74 Å². The number of non-ortho nitro benzene ring substituents is 1. The molecule has 0 radical (unpaired) electrons. The molecule has 254 valence electrons. The molecular formula is C41H32N2O8. The molecule has 6 unspecified atom stereocenters. The predicted octanol–water partition coefficient (Wildman–Crippen LogP) is 6.34. The average molecular weight is 681 g/mol. The van der Waals surface area contributed by atoms with Crippen molar-refractivity contribution in [3.05, 3.63) is 148 Å². The number of allylic oxidation sites excluding steroid dienone is 4. The lowest BCUT2D eigenvalue weighted by Crippen LogP contribution is -2.58. The van der Waals surface area contributed by atoms with Crippen LogP contribution in [0, 0.1) is 33.8 Å². The molecule has 0 spiro atoms. The van der Waals surface area contributed by atoms with E-state index in [-0.39, 0.29) is 47.3 Å². The van der Waals surface area contributed by atoms with Gasteiger partial charge in [0.2, 0.25) is 11.8 Å². The summed E-state index contributed by atoms with van der Waals surface area (Å²) in [5, 5.41) is 21.9. The van der Waals surface area contributed by atoms with Gasteiger partial charge in [-0.3, -0.25) is 34.2 Å². The van der Waals surface area contributed by atoms with Crippen LogP contribution >= 0.6 is 0 Å². The number of rotatable bonds is 6. The van der Waals surface area contributed by atoms with Gasteiger partial charge in [0.05, 0.1) is 35.0 Å². The largest absolute Gasteiger partial charge is 0.504 e. The fraction of sp³-hybridized carbons (Fsp3) is 0.220. The number of nitro benzene ring substituents is 1. The van der Waals surface area contributed by atoms with Gasteiger partial charge in [-0.05, 0) is 65.8 Å². The first-order chi connectivity index (χ1) is 24.7. The zero-order chi connectivity index (χ0) is 35.6. The number of phenols is 1. The third-order valence-electron chi connectivity index (χ3n) is 11.2. The molecule has 6 atom stereocenters. The van der Waals surface area contributed by atoms with Gasteiger partial charge in [-0.15, -0.1) is 0 Å². The van der Waals surface area contributed by atoms with Crippen LogP contribution < -0.4 is 9.64 Å². The minimum absolute atomic E-state index is 0.0933. The van der Waals surface area contributed by atoms with Gasteiger partial charge in [0.1, 0.15) is 0 Å². The Hall–Kier alpha value is -6.16. The molecule has 4 aliphatic rings. The van der Waals surface area contributed by atoms with E-state index < -0.39 is 51.7 Å². The minimum Gasteiger partial charge on any atom is -0.504 e. The number of ketones is 2. The summed E-state index contributed by atoms with van der Waals surface area (Å²) in [6.45, 7) is 0. The number of amides is 2. The maximum Gasteiger partial charge on any atom is 0.269 e. The quantitative estimate of drug-likeness (QED) is 0.108. The lowest BCUT2D eigenvalue weighted by Gasteiger charge is -2.55. The fourth-order valence-corrected chi connectivity index (χ4v) is 9.10. The summed E-state index contributed by atoms with van der Waals surface area (Å²) in [6.07, 6.45) is 3.77. The minimum atomic E-state index is -1.42. The summed E-state index contributed by atoms with van der Waals surface area (Å²) in [4.78, 5) is 70.5. The Labute approximate surface area is 292 Å². The highest BCUT2D eigenvalue weighted by molar-refractivity contribution is 6.32. The number of imide groups is 1. The van der Waals surface area contributed by atoms with Crippen LogP contribution in [0.4, 0.5) is 11.4 Å². The number of carbonyl (C=O) groups is 4. The van der Waals surface area contributed by atoms with E-state index in [0.717, 1.165) is 10.5 Å². The number of ether oxygens (including phenoxy) is 1. The number of aromatic hydroxyl groups is 1. The lowest BCUT2D eigenvalue weighted by atomic mass is 9.44. The monoisotopic (exact) mass is 680 g/mol. The van der Waals surface area contributed by atoms with Crippen molar-refractivity contribution in [2.45, 2.75) is 24.2 Å². The molecule has 3 aliphatic carbocycles. The van der Waals surface area contributed by atoms with Crippen LogP contribution in [0.5, 0.6) is 11.5 Å². The molecule has 2 amide bonds. The molecule has 1 aliphatic heterocycles. The van der Waals surface area contributed by atoms with Crippen molar-refractivity contribution in [3.8, 4) is 11.5 Å². The number of methoxy groups -OCH3 is 1. The van der Waals surface area contributed by atoms with Crippen LogP contribution in [-0.4, -0.2) is 40.5 Å². The fourth-order valence-electron chi connectivity index (χ4n) is 9.10. The van der Waals surface area contributed by atoms with Crippen LogP contribution in [-0.2, 0) is 24.6 Å². The topological polar surface area (TPSA) is 144 Å². The second-order valence-electron chi connectivity index (χ2n) is 13.5. The van der Waals surface area contributed by atoms with Gasteiger partial charge < -0.3 is 9.84 Å². The summed E-state index contributed by atoms with van der Waals surface area (Å²) in [5.41, 5.74) is 1.59. The number of anilines is 1. The summed E-state index contributed by atoms with van der Waals surface area (Å²) in [7, 11) is 1.43. The normalized spacial score (nSPS) is 26.8. The van der Waals surface area contributed by atoms with E-state index in [9.17, 15) is 24.8 Å². The number of fused-ring (bicyclic) bond motifs is 4. The highest BCUT2D eigenvalue weighted by Gasteiger charge is 2.66. The Morgan fingerprint density at radius 2 is 1.55 bits per heavy atom. The van der Waals surface area contributed by atoms with Gasteiger partial charge in [0.15, 0.2) is 23.1 Å². The van der Waals surface area contributed by atoms with E-state index in [1.54, 1.807) is 24.3 Å². The smallest absolute Gasteiger partial charge is 0.269 e. The average Bonchev–Trinajstić information content (AvgIpc) is 3.42. The van der Waals surface area contributed by atoms with Crippen LogP contribution in [0.2, 0.25) is 0 Å². The molecule has 51 heavy (non-hydrogen) atoms. The summed E-state index contributed by atoms with van der Waals surface area (Å²) in [6, 6.07) is 28.5. The Morgan fingerprint density at radius 3 is 2.22 bits per heavy atom. The summed E-state index contributed by atoms with van der Waals surface area (Å²) < 4.78 is 5.52. The Morgan fingerprint density at radius 1 is 0.863 bits per heavy atom. The van der Waals surface area contributed by atoms with E-state index in [0.29, 0.717) is 22.3 Å². The molecule has 2 fully saturated rings. The molecule has 4 aromatic carbocycles. The molecule has 0 bridgehead atoms. The SMILES string of the molecule is COc1cc(C2C3=CCC4C(=O)N(c5ccc([N+](=O)[O-])cc5)C(=O)C4C3CC3C(=O)C(c4ccccc4)=CC(=O)C32c2ccccc2)ccc1O. The summed E-state index contributed by atoms with van der Waals surface area (Å²) >= 11 is 0. The first kappa shape index (κ1) is 32.1. The van der Waals surface area contributed by atoms with Crippen molar-refractivity contribution < 1.29 is 33.9 Å². The van der Waals surface area contributed by atoms with E-state index in [1.807, 2.05) is 54.6 Å². The standard InChI is InChI=1S/C41H32N2O8/c1-51-34-20-24(12-19-33(34)44)37-28-17-18-29-36(40(48)42(39(29)47)26-13-15-27(16-14-26)43(49)50)31(28)21-32-38(46)30(23-8-4-2-5-9-23)22-35(45)41(32,37)25-10-6-3-7-11-25/h2-17,19-20,22,29,31-32,36-37,44H,18,21H2,1H3. The van der Waals surface area contributed by atoms with Crippen molar-refractivity contribution in [1.82, 2.24) is 0 Å². The number of phenolic OH excluding ortho intramolecular Hbond substituents is 1. The summed E-state index contributed by atoms with van der Waals surface area (Å²) in [5.74, 6) is -5.08. The van der Waals surface area contributed by atoms with Gasteiger partial charge in [0, 0.05) is 29.5 Å². The molecule has 0 aromatic heterocycles. The molecule has 1 saturated heterocycles. The molecule has 4 aromatic rings. The zero-order valence-electron chi connectivity index (χ0n) is 27.5. The number of carbonyl (C=O) groups excluding carboxylic acids is 4. The van der Waals surface area contributed by atoms with Gasteiger partial charge in [-0.25, -0.2) is 0 Å². The van der Waals surface area contributed by atoms with Crippen molar-refractivity contribution in [2.75, 3.05) is 12.0 Å². The Bertz CT molecular complexity index is 2190. The van der Waals surface area contributed by atoms with E-state index in [2.05, 4.69) is 0 Å². The van der Waals surface area contributed by atoms with E-state index in [1.165, 1.54) is 43.5 Å². The molecule has 8 rings (SSSR count). The predicted molar refractivity (Wildman–Crippen MR) is 187 cm³/mol. The van der Waals surface area contributed by atoms with Crippen LogP contribution in [0.15, 0.2) is 121 Å². The first-order valence-corrected chi connectivity index (χ1v) is 16.8. The number of nitro groups is 1. The molecule has 1 heterocycles. The van der Waals surface area contributed by atoms with Gasteiger partial charge in [0.25, 0.3) is 5.69 Å². The van der Waals surface area contributed by atoms with Crippen LogP contribution in [0.1, 0.15) is 35.4 Å². The maximum absolute atomic E-state index is 15.1. The maximum atomic E-state index is 15.1. The number of nitrogens with zero attached hydrogens (tertiary/aromatic N) is 2. The van der Waals surface area contributed by atoms with E-state index >= 15 is 9.59 Å². The third kappa shape index (κ3) is 4.70. The molecule has 10 nitrogen and oxygen atoms in total. The molecule has 1 saturated carbocycles. The highest BCUT2D eigenvalue weighted by atomic mass is 16.6. The Balaban J connectivity index is 1.34. The Kier molecular flexibility index (Phi) is 7.55. The van der Waals surface area contributed by atoms with Crippen molar-refractivity contribution in [1.29, 1.82) is 0 Å². The van der Waals surface area contributed by atoms with Crippen molar-refractivity contribution >= 4 is 40.3 Å². The van der Waals surface area contributed by atoms with Gasteiger partial charge in [-0.1, -0.05) is 78.4 Å². The zero-order valence-corrected chi connectivity index (χ0v) is 27.5. The molecule has 10 heteroatoms. The van der Waals surface area contributed by atoms with Crippen molar-refractivity contribution in [2.24, 2.45) is 23.7 Å². The third-order valence-corrected chi connectivity index (χ3v) is 11.2. The van der Waals surface area contributed by atoms with Crippen LogP contribution in [0.3, 0.4) is 0 Å².